The third kappa shape index (κ3) is 4.76. The lowest BCUT2D eigenvalue weighted by molar-refractivity contribution is -0.118. The van der Waals surface area contributed by atoms with Gasteiger partial charge in [-0.15, -0.1) is 0 Å². The molecule has 2 aromatic rings. The molecule has 1 amide bonds. The Hall–Kier alpha value is -2.46. The topological polar surface area (TPSA) is 47.6 Å². The van der Waals surface area contributed by atoms with E-state index in [1.165, 1.54) is 12.8 Å². The van der Waals surface area contributed by atoms with Gasteiger partial charge in [0.25, 0.3) is 0 Å². The first-order valence-corrected chi connectivity index (χ1v) is 10.6. The lowest BCUT2D eigenvalue weighted by Gasteiger charge is -2.26. The molecule has 1 heterocycles. The summed E-state index contributed by atoms with van der Waals surface area (Å²) in [5, 5.41) is 3.69. The van der Waals surface area contributed by atoms with E-state index in [0.29, 0.717) is 18.0 Å². The van der Waals surface area contributed by atoms with Gasteiger partial charge in [0.15, 0.2) is 11.5 Å². The van der Waals surface area contributed by atoms with Crippen LogP contribution in [-0.4, -0.2) is 25.7 Å². The predicted octanol–water partition coefficient (Wildman–Crippen LogP) is 5.36. The van der Waals surface area contributed by atoms with Gasteiger partial charge < -0.3 is 14.8 Å². The van der Waals surface area contributed by atoms with Crippen LogP contribution in [0.1, 0.15) is 49.1 Å². The van der Waals surface area contributed by atoms with Crippen LogP contribution in [0, 0.1) is 0 Å². The van der Waals surface area contributed by atoms with Gasteiger partial charge in [0.05, 0.1) is 13.2 Å². The van der Waals surface area contributed by atoms with Crippen LogP contribution in [-0.2, 0) is 4.79 Å². The van der Waals surface area contributed by atoms with E-state index in [0.717, 1.165) is 41.0 Å². The number of hydrogen-bond donors (Lipinski definition) is 1. The second kappa shape index (κ2) is 8.91. The molecule has 1 saturated heterocycles. The number of halogens is 1. The van der Waals surface area contributed by atoms with Gasteiger partial charge in [0.1, 0.15) is 0 Å². The SMILES string of the molecule is COc1ccc(C2CNC(=O)C(=Cc3cccc(Cl)c3)C2)cc1OC1CCCC1. The quantitative estimate of drug-likeness (QED) is 0.674. The Labute approximate surface area is 176 Å². The van der Waals surface area contributed by atoms with Gasteiger partial charge in [0, 0.05) is 23.1 Å². The lowest BCUT2D eigenvalue weighted by Crippen LogP contribution is -2.35. The molecule has 1 aliphatic heterocycles. The first-order valence-electron chi connectivity index (χ1n) is 10.2. The molecule has 2 aliphatic rings. The standard InChI is InChI=1S/C24H26ClNO3/c1-28-22-10-9-17(14-23(22)29-21-7-2-3-8-21)19-13-18(24(27)26-15-19)11-16-5-4-6-20(25)12-16/h4-6,9-12,14,19,21H,2-3,7-8,13,15H2,1H3,(H,26,27). The molecule has 0 radical (unpaired) electrons. The maximum atomic E-state index is 12.4. The number of piperidine rings is 1. The van der Waals surface area contributed by atoms with Crippen LogP contribution in [0.2, 0.25) is 5.02 Å². The van der Waals surface area contributed by atoms with Crippen molar-refractivity contribution >= 4 is 23.6 Å². The average Bonchev–Trinajstić information content (AvgIpc) is 3.23. The van der Waals surface area contributed by atoms with Crippen LogP contribution in [0.15, 0.2) is 48.0 Å². The predicted molar refractivity (Wildman–Crippen MR) is 116 cm³/mol. The number of nitrogens with one attached hydrogen (secondary N) is 1. The lowest BCUT2D eigenvalue weighted by atomic mass is 9.87. The number of carbonyl (C=O) groups excluding carboxylic acids is 1. The van der Waals surface area contributed by atoms with Crippen molar-refractivity contribution in [2.24, 2.45) is 0 Å². The van der Waals surface area contributed by atoms with Crippen molar-refractivity contribution in [1.29, 1.82) is 0 Å². The highest BCUT2D eigenvalue weighted by atomic mass is 35.5. The maximum absolute atomic E-state index is 12.4. The van der Waals surface area contributed by atoms with Crippen LogP contribution in [0.4, 0.5) is 0 Å². The van der Waals surface area contributed by atoms with E-state index in [1.807, 2.05) is 36.4 Å². The van der Waals surface area contributed by atoms with Gasteiger partial charge in [-0.2, -0.15) is 0 Å². The van der Waals surface area contributed by atoms with E-state index >= 15 is 0 Å². The fourth-order valence-electron chi connectivity index (χ4n) is 4.14. The van der Waals surface area contributed by atoms with Crippen molar-refractivity contribution in [2.75, 3.05) is 13.7 Å². The molecule has 1 saturated carbocycles. The molecule has 1 unspecified atom stereocenters. The Kier molecular flexibility index (Phi) is 6.10. The monoisotopic (exact) mass is 411 g/mol. The van der Waals surface area contributed by atoms with Gasteiger partial charge in [-0.1, -0.05) is 29.8 Å². The molecule has 0 spiro atoms. The van der Waals surface area contributed by atoms with Crippen LogP contribution in [0.25, 0.3) is 6.08 Å². The van der Waals surface area contributed by atoms with Crippen molar-refractivity contribution in [3.05, 3.63) is 64.2 Å². The molecule has 1 aliphatic carbocycles. The third-order valence-electron chi connectivity index (χ3n) is 5.71. The molecule has 4 nitrogen and oxygen atoms in total. The summed E-state index contributed by atoms with van der Waals surface area (Å²) in [7, 11) is 1.67. The number of rotatable bonds is 5. The van der Waals surface area contributed by atoms with E-state index in [-0.39, 0.29) is 17.9 Å². The Morgan fingerprint density at radius 1 is 1.10 bits per heavy atom. The van der Waals surface area contributed by atoms with Gasteiger partial charge in [0.2, 0.25) is 5.91 Å². The van der Waals surface area contributed by atoms with Crippen molar-refractivity contribution in [2.45, 2.75) is 44.1 Å². The summed E-state index contributed by atoms with van der Waals surface area (Å²) in [5.74, 6) is 1.73. The van der Waals surface area contributed by atoms with Crippen LogP contribution in [0.3, 0.4) is 0 Å². The van der Waals surface area contributed by atoms with E-state index in [2.05, 4.69) is 17.4 Å². The largest absolute Gasteiger partial charge is 0.493 e. The van der Waals surface area contributed by atoms with Gasteiger partial charge >= 0.3 is 0 Å². The fourth-order valence-corrected chi connectivity index (χ4v) is 4.34. The minimum Gasteiger partial charge on any atom is -0.493 e. The number of amides is 1. The van der Waals surface area contributed by atoms with Crippen molar-refractivity contribution in [1.82, 2.24) is 5.32 Å². The fraction of sp³-hybridized carbons (Fsp3) is 0.375. The number of methoxy groups -OCH3 is 1. The highest BCUT2D eigenvalue weighted by Crippen LogP contribution is 2.36. The van der Waals surface area contributed by atoms with Crippen molar-refractivity contribution < 1.29 is 14.3 Å². The molecule has 152 valence electrons. The molecular formula is C24H26ClNO3. The molecule has 1 N–H and O–H groups in total. The Bertz CT molecular complexity index is 918. The molecular weight excluding hydrogens is 386 g/mol. The van der Waals surface area contributed by atoms with Gasteiger partial charge in [-0.05, 0) is 73.6 Å². The second-order valence-electron chi connectivity index (χ2n) is 7.77. The normalized spacial score (nSPS) is 21.2. The second-order valence-corrected chi connectivity index (χ2v) is 8.21. The summed E-state index contributed by atoms with van der Waals surface area (Å²) in [6, 6.07) is 13.7. The minimum absolute atomic E-state index is 0.0165. The smallest absolute Gasteiger partial charge is 0.247 e. The number of ether oxygens (including phenoxy) is 2. The first kappa shape index (κ1) is 19.8. The van der Waals surface area contributed by atoms with Crippen LogP contribution in [0.5, 0.6) is 11.5 Å². The Morgan fingerprint density at radius 2 is 1.93 bits per heavy atom. The molecule has 5 heteroatoms. The average molecular weight is 412 g/mol. The van der Waals surface area contributed by atoms with E-state index < -0.39 is 0 Å². The number of hydrogen-bond acceptors (Lipinski definition) is 3. The molecule has 2 fully saturated rings. The summed E-state index contributed by atoms with van der Waals surface area (Å²) in [4.78, 5) is 12.4. The number of carbonyl (C=O) groups is 1. The summed E-state index contributed by atoms with van der Waals surface area (Å²) in [6.07, 6.45) is 7.50. The van der Waals surface area contributed by atoms with Crippen LogP contribution >= 0.6 is 11.6 Å². The molecule has 2 aromatic carbocycles. The van der Waals surface area contributed by atoms with Gasteiger partial charge in [-0.3, -0.25) is 4.79 Å². The maximum Gasteiger partial charge on any atom is 0.247 e. The van der Waals surface area contributed by atoms with Crippen molar-refractivity contribution in [3.8, 4) is 11.5 Å². The highest BCUT2D eigenvalue weighted by molar-refractivity contribution is 6.30. The molecule has 29 heavy (non-hydrogen) atoms. The number of benzene rings is 2. The Balaban J connectivity index is 1.56. The van der Waals surface area contributed by atoms with E-state index in [9.17, 15) is 4.79 Å². The summed E-state index contributed by atoms with van der Waals surface area (Å²) in [5.41, 5.74) is 2.84. The molecule has 1 atom stereocenters. The zero-order chi connectivity index (χ0) is 20.2. The van der Waals surface area contributed by atoms with Crippen molar-refractivity contribution in [3.63, 3.8) is 0 Å². The summed E-state index contributed by atoms with van der Waals surface area (Å²) in [6.45, 7) is 0.612. The van der Waals surface area contributed by atoms with E-state index in [1.54, 1.807) is 7.11 Å². The minimum atomic E-state index is -0.0165. The zero-order valence-corrected chi connectivity index (χ0v) is 17.4. The zero-order valence-electron chi connectivity index (χ0n) is 16.6. The van der Waals surface area contributed by atoms with Crippen LogP contribution < -0.4 is 14.8 Å². The molecule has 0 aromatic heterocycles. The molecule has 0 bridgehead atoms. The summed E-state index contributed by atoms with van der Waals surface area (Å²) < 4.78 is 11.8. The third-order valence-corrected chi connectivity index (χ3v) is 5.95. The highest BCUT2D eigenvalue weighted by Gasteiger charge is 2.26. The van der Waals surface area contributed by atoms with Gasteiger partial charge in [-0.25, -0.2) is 0 Å². The molecule has 4 rings (SSSR count). The first-order chi connectivity index (χ1) is 14.1. The van der Waals surface area contributed by atoms with E-state index in [4.69, 9.17) is 21.1 Å². The summed E-state index contributed by atoms with van der Waals surface area (Å²) >= 11 is 6.08. The Morgan fingerprint density at radius 3 is 2.69 bits per heavy atom.